The van der Waals surface area contributed by atoms with Crippen LogP contribution in [0.1, 0.15) is 30.6 Å². The van der Waals surface area contributed by atoms with E-state index in [9.17, 15) is 32.8 Å². The van der Waals surface area contributed by atoms with Gasteiger partial charge in [-0.2, -0.15) is 4.31 Å². The number of amides is 1. The van der Waals surface area contributed by atoms with Crippen molar-refractivity contribution < 1.29 is 37.1 Å². The van der Waals surface area contributed by atoms with E-state index in [0.717, 1.165) is 22.5 Å². The summed E-state index contributed by atoms with van der Waals surface area (Å²) in [6, 6.07) is 7.62. The van der Waals surface area contributed by atoms with Crippen molar-refractivity contribution in [2.24, 2.45) is 5.92 Å². The molecule has 0 unspecified atom stereocenters. The van der Waals surface area contributed by atoms with Gasteiger partial charge in [-0.1, -0.05) is 19.1 Å². The average Bonchev–Trinajstić information content (AvgIpc) is 2.93. The van der Waals surface area contributed by atoms with Crippen LogP contribution in [-0.4, -0.2) is 85.7 Å². The summed E-state index contributed by atoms with van der Waals surface area (Å²) < 4.78 is 52.6. The first kappa shape index (κ1) is 31.1. The molecule has 11 nitrogen and oxygen atoms in total. The summed E-state index contributed by atoms with van der Waals surface area (Å²) >= 11 is 0. The summed E-state index contributed by atoms with van der Waals surface area (Å²) in [7, 11) is -2.58. The van der Waals surface area contributed by atoms with Crippen molar-refractivity contribution in [3.05, 3.63) is 76.1 Å². The molecule has 0 fully saturated rings. The van der Waals surface area contributed by atoms with Crippen molar-refractivity contribution in [1.29, 1.82) is 0 Å². The molecule has 0 radical (unpaired) electrons. The molecule has 40 heavy (non-hydrogen) atoms. The van der Waals surface area contributed by atoms with Crippen LogP contribution in [0, 0.1) is 21.8 Å². The van der Waals surface area contributed by atoms with Crippen LogP contribution >= 0.6 is 0 Å². The monoisotopic (exact) mass is 579 g/mol. The molecule has 3 atom stereocenters. The number of carbonyl (C=O) groups excluding carboxylic acids is 1. The summed E-state index contributed by atoms with van der Waals surface area (Å²) in [5.74, 6) is -1.40. The number of nitro groups is 1. The van der Waals surface area contributed by atoms with Gasteiger partial charge in [0.15, 0.2) is 0 Å². The number of hydrogen-bond donors (Lipinski definition) is 1. The maximum Gasteiger partial charge on any atom is 0.270 e. The van der Waals surface area contributed by atoms with Gasteiger partial charge in [0.2, 0.25) is 10.0 Å². The van der Waals surface area contributed by atoms with Gasteiger partial charge in [0.1, 0.15) is 11.6 Å². The molecule has 2 aromatic carbocycles. The van der Waals surface area contributed by atoms with E-state index in [0.29, 0.717) is 6.42 Å². The quantitative estimate of drug-likeness (QED) is 0.300. The highest BCUT2D eigenvalue weighted by Crippen LogP contribution is 2.28. The van der Waals surface area contributed by atoms with Crippen LogP contribution in [-0.2, 0) is 14.8 Å². The predicted molar refractivity (Wildman–Crippen MR) is 145 cm³/mol. The molecule has 0 spiro atoms. The summed E-state index contributed by atoms with van der Waals surface area (Å²) in [5, 5.41) is 21.4. The lowest BCUT2D eigenvalue weighted by atomic mass is 10.0. The Hall–Kier alpha value is -3.39. The molecule has 1 heterocycles. The molecule has 3 rings (SSSR count). The van der Waals surface area contributed by atoms with Crippen LogP contribution < -0.4 is 4.74 Å². The van der Waals surface area contributed by atoms with E-state index >= 15 is 0 Å². The number of aliphatic hydroxyl groups excluding tert-OH is 1. The van der Waals surface area contributed by atoms with Gasteiger partial charge in [0.25, 0.3) is 11.6 Å². The molecule has 2 aromatic rings. The molecular weight excluding hydrogens is 545 g/mol. The lowest BCUT2D eigenvalue weighted by Crippen LogP contribution is -2.47. The Bertz CT molecular complexity index is 1320. The fourth-order valence-corrected chi connectivity index (χ4v) is 5.39. The third kappa shape index (κ3) is 7.62. The van der Waals surface area contributed by atoms with E-state index in [1.165, 1.54) is 36.2 Å². The number of benzene rings is 2. The number of halogens is 1. The van der Waals surface area contributed by atoms with Gasteiger partial charge in [-0.25, -0.2) is 12.8 Å². The second-order valence-electron chi connectivity index (χ2n) is 9.62. The van der Waals surface area contributed by atoms with Gasteiger partial charge in [0, 0.05) is 38.2 Å². The van der Waals surface area contributed by atoms with Gasteiger partial charge in [-0.05, 0) is 43.7 Å². The largest absolute Gasteiger partial charge is 0.492 e. The highest BCUT2D eigenvalue weighted by Gasteiger charge is 2.32. The molecule has 1 N–H and O–H groups in total. The van der Waals surface area contributed by atoms with Crippen LogP contribution in [0.15, 0.2) is 59.5 Å². The summed E-state index contributed by atoms with van der Waals surface area (Å²) in [4.78, 5) is 25.9. The second kappa shape index (κ2) is 13.8. The maximum absolute atomic E-state index is 13.7. The molecule has 0 bridgehead atoms. The predicted octanol–water partition coefficient (Wildman–Crippen LogP) is 3.24. The van der Waals surface area contributed by atoms with Crippen LogP contribution in [0.3, 0.4) is 0 Å². The fourth-order valence-electron chi connectivity index (χ4n) is 4.21. The summed E-state index contributed by atoms with van der Waals surface area (Å²) in [5.41, 5.74) is -0.300. The highest BCUT2D eigenvalue weighted by molar-refractivity contribution is 7.89. The first-order valence-electron chi connectivity index (χ1n) is 12.8. The lowest BCUT2D eigenvalue weighted by molar-refractivity contribution is -0.384. The fraction of sp³-hybridized carbons (Fsp3) is 0.444. The summed E-state index contributed by atoms with van der Waals surface area (Å²) in [6.45, 7) is 3.38. The first-order valence-corrected chi connectivity index (χ1v) is 14.2. The third-order valence-electron chi connectivity index (χ3n) is 6.66. The number of carbonyl (C=O) groups is 1. The average molecular weight is 580 g/mol. The molecular formula is C27H34FN3O8S. The van der Waals surface area contributed by atoms with E-state index in [1.54, 1.807) is 19.9 Å². The SMILES string of the molecule is C[C@@H]1CN([C@@H](C)CO)C(=O)c2cc([N+](=O)[O-])ccc2OCCC=CCO[C@H]1CN(C)S(=O)(=O)c1ccc(F)cc1. The zero-order chi connectivity index (χ0) is 29.4. The molecule has 1 aliphatic heterocycles. The zero-order valence-electron chi connectivity index (χ0n) is 22.6. The topological polar surface area (TPSA) is 140 Å². The number of ether oxygens (including phenoxy) is 2. The minimum Gasteiger partial charge on any atom is -0.492 e. The smallest absolute Gasteiger partial charge is 0.270 e. The minimum absolute atomic E-state index is 0.0174. The van der Waals surface area contributed by atoms with Crippen molar-refractivity contribution in [2.75, 3.05) is 40.0 Å². The van der Waals surface area contributed by atoms with E-state index in [4.69, 9.17) is 9.47 Å². The van der Waals surface area contributed by atoms with Gasteiger partial charge in [-0.3, -0.25) is 14.9 Å². The number of rotatable bonds is 7. The van der Waals surface area contributed by atoms with Gasteiger partial charge in [0.05, 0.1) is 47.3 Å². The van der Waals surface area contributed by atoms with Crippen molar-refractivity contribution >= 4 is 21.6 Å². The van der Waals surface area contributed by atoms with Crippen LogP contribution in [0.25, 0.3) is 0 Å². The molecule has 0 saturated heterocycles. The molecule has 0 aromatic heterocycles. The Morgan fingerprint density at radius 3 is 2.58 bits per heavy atom. The number of nitrogens with zero attached hydrogens (tertiary/aromatic N) is 3. The first-order chi connectivity index (χ1) is 18.9. The number of sulfonamides is 1. The van der Waals surface area contributed by atoms with E-state index in [2.05, 4.69) is 0 Å². The number of likely N-dealkylation sites (N-methyl/N-ethyl adjacent to an activating group) is 1. The molecule has 13 heteroatoms. The molecule has 1 amide bonds. The summed E-state index contributed by atoms with van der Waals surface area (Å²) in [6.07, 6.45) is 3.37. The van der Waals surface area contributed by atoms with E-state index in [1.807, 2.05) is 6.08 Å². The molecule has 1 aliphatic rings. The Balaban J connectivity index is 1.95. The standard InChI is InChI=1S/C27H34FN3O8S/c1-19-16-30(20(2)18-32)27(33)24-15-22(31(34)35)9-12-25(24)38-13-5-4-6-14-39-26(19)17-29(3)40(36,37)23-10-7-21(28)8-11-23/h4,6-12,15,19-20,26,32H,5,13-14,16-18H2,1-3H3/t19-,20+,26+/m1/s1. The van der Waals surface area contributed by atoms with Crippen LogP contribution in [0.4, 0.5) is 10.1 Å². The molecule has 0 aliphatic carbocycles. The molecule has 0 saturated carbocycles. The van der Waals surface area contributed by atoms with E-state index < -0.39 is 44.7 Å². The van der Waals surface area contributed by atoms with Crippen LogP contribution in [0.2, 0.25) is 0 Å². The maximum atomic E-state index is 13.7. The van der Waals surface area contributed by atoms with Gasteiger partial charge < -0.3 is 19.5 Å². The number of hydrogen-bond acceptors (Lipinski definition) is 8. The lowest BCUT2D eigenvalue weighted by Gasteiger charge is -2.35. The Labute approximate surface area is 233 Å². The van der Waals surface area contributed by atoms with Gasteiger partial charge in [-0.15, -0.1) is 0 Å². The normalized spacial score (nSPS) is 19.9. The molecule has 218 valence electrons. The van der Waals surface area contributed by atoms with Crippen LogP contribution in [0.5, 0.6) is 5.75 Å². The second-order valence-corrected chi connectivity index (χ2v) is 11.7. The minimum atomic E-state index is -3.97. The number of fused-ring (bicyclic) bond motifs is 1. The number of nitro benzene ring substituents is 1. The van der Waals surface area contributed by atoms with Crippen molar-refractivity contribution in [1.82, 2.24) is 9.21 Å². The van der Waals surface area contributed by atoms with E-state index in [-0.39, 0.29) is 54.8 Å². The van der Waals surface area contributed by atoms with Gasteiger partial charge >= 0.3 is 0 Å². The number of aliphatic hydroxyl groups is 1. The third-order valence-corrected chi connectivity index (χ3v) is 8.49. The highest BCUT2D eigenvalue weighted by atomic mass is 32.2. The number of non-ortho nitro benzene ring substituents is 1. The van der Waals surface area contributed by atoms with Crippen molar-refractivity contribution in [3.63, 3.8) is 0 Å². The Morgan fingerprint density at radius 1 is 1.23 bits per heavy atom. The Morgan fingerprint density at radius 2 is 1.93 bits per heavy atom. The van der Waals surface area contributed by atoms with Crippen molar-refractivity contribution in [2.45, 2.75) is 37.3 Å². The Kier molecular flexibility index (Phi) is 10.7. The zero-order valence-corrected chi connectivity index (χ0v) is 23.4. The van der Waals surface area contributed by atoms with Crippen molar-refractivity contribution in [3.8, 4) is 5.75 Å².